The van der Waals surface area contributed by atoms with Crippen LogP contribution in [0, 0.1) is 11.3 Å². The van der Waals surface area contributed by atoms with Gasteiger partial charge in [-0.25, -0.2) is 4.67 Å². The molecule has 1 aromatic carbocycles. The minimum Gasteiger partial charge on any atom is -0.342 e. The van der Waals surface area contributed by atoms with Gasteiger partial charge in [-0.1, -0.05) is 44.9 Å². The van der Waals surface area contributed by atoms with Gasteiger partial charge in [-0.05, 0) is 70.7 Å². The first kappa shape index (κ1) is 34.3. The van der Waals surface area contributed by atoms with E-state index in [9.17, 15) is 9.59 Å². The number of hydrogen-bond acceptors (Lipinski definition) is 7. The third-order valence-electron chi connectivity index (χ3n) is 7.70. The van der Waals surface area contributed by atoms with Crippen LogP contribution in [0.3, 0.4) is 0 Å². The summed E-state index contributed by atoms with van der Waals surface area (Å²) in [5, 5.41) is 8.99. The molecule has 0 N–H and O–H groups in total. The van der Waals surface area contributed by atoms with E-state index in [1.165, 1.54) is 0 Å². The van der Waals surface area contributed by atoms with Crippen LogP contribution in [0.1, 0.15) is 95.0 Å². The second-order valence-corrected chi connectivity index (χ2v) is 12.4. The molecule has 2 atom stereocenters. The molecule has 0 bridgehead atoms. The number of piperidine rings is 1. The molecule has 2 rings (SSSR count). The molecule has 1 aliphatic rings. The zero-order chi connectivity index (χ0) is 29.4. The van der Waals surface area contributed by atoms with Crippen molar-refractivity contribution in [1.29, 1.82) is 5.26 Å². The fraction of sp³-hybridized carbons (Fsp3) is 0.710. The predicted molar refractivity (Wildman–Crippen MR) is 162 cm³/mol. The molecule has 8 nitrogen and oxygen atoms in total. The molecule has 0 saturated carbocycles. The van der Waals surface area contributed by atoms with Crippen molar-refractivity contribution < 1.29 is 18.6 Å². The van der Waals surface area contributed by atoms with E-state index < -0.39 is 8.53 Å². The van der Waals surface area contributed by atoms with Crippen molar-refractivity contribution in [2.45, 2.75) is 97.1 Å². The minimum atomic E-state index is -1.22. The lowest BCUT2D eigenvalue weighted by Crippen LogP contribution is -2.49. The highest BCUT2D eigenvalue weighted by Crippen LogP contribution is 2.50. The highest BCUT2D eigenvalue weighted by atomic mass is 31.2. The molecule has 1 heterocycles. The number of likely N-dealkylation sites (tertiary alicyclic amines) is 1. The van der Waals surface area contributed by atoms with Crippen molar-refractivity contribution in [3.05, 3.63) is 35.4 Å². The minimum absolute atomic E-state index is 0.0164. The van der Waals surface area contributed by atoms with Crippen molar-refractivity contribution in [2.24, 2.45) is 0 Å². The van der Waals surface area contributed by atoms with Crippen LogP contribution in [0.2, 0.25) is 0 Å². The van der Waals surface area contributed by atoms with Gasteiger partial charge < -0.3 is 23.6 Å². The zero-order valence-electron chi connectivity index (χ0n) is 25.4. The number of nitriles is 1. The van der Waals surface area contributed by atoms with Gasteiger partial charge in [0.2, 0.25) is 0 Å². The number of unbranched alkanes of at least 4 members (excludes halogenated alkanes) is 3. The molecule has 9 heteroatoms. The molecule has 40 heavy (non-hydrogen) atoms. The van der Waals surface area contributed by atoms with Gasteiger partial charge in [-0.3, -0.25) is 4.79 Å². The second kappa shape index (κ2) is 18.5. The topological polar surface area (TPSA) is 86.1 Å². The molecule has 0 aromatic heterocycles. The number of nitrogens with zero attached hydrogens (tertiary/aromatic N) is 4. The van der Waals surface area contributed by atoms with Gasteiger partial charge in [0.05, 0.1) is 24.7 Å². The molecule has 224 valence electrons. The summed E-state index contributed by atoms with van der Waals surface area (Å²) in [4.78, 5) is 28.2. The third kappa shape index (κ3) is 10.8. The largest absolute Gasteiger partial charge is 0.342 e. The summed E-state index contributed by atoms with van der Waals surface area (Å²) >= 11 is 0. The van der Waals surface area contributed by atoms with Crippen molar-refractivity contribution in [3.8, 4) is 6.07 Å². The van der Waals surface area contributed by atoms with Crippen LogP contribution in [0.4, 0.5) is 0 Å². The first-order valence-electron chi connectivity index (χ1n) is 15.1. The fourth-order valence-corrected chi connectivity index (χ4v) is 7.08. The second-order valence-electron chi connectivity index (χ2n) is 11.0. The molecular formula is C31H51N4O4P. The molecule has 0 spiro atoms. The lowest BCUT2D eigenvalue weighted by atomic mass is 9.90. The molecule has 0 radical (unpaired) electrons. The lowest BCUT2D eigenvalue weighted by Gasteiger charge is -2.45. The summed E-state index contributed by atoms with van der Waals surface area (Å²) in [6.07, 6.45) is 8.87. The monoisotopic (exact) mass is 574 g/mol. The standard InChI is InChI=1S/C31H51N4O4P/c1-6-31(39-40(38-25-15-20-32)35(7-2)27(3)4)19-14-23-34(26-31)22-13-9-8-12-21-33(5)30(37)29-17-11-10-16-28(29)18-24-36/h10-11,16-17,24,27H,6-9,12-15,18-19,21-23,25-26H2,1-5H3. The Balaban J connectivity index is 1.81. The molecule has 1 amide bonds. The van der Waals surface area contributed by atoms with E-state index in [1.54, 1.807) is 11.0 Å². The number of amides is 1. The first-order valence-corrected chi connectivity index (χ1v) is 16.2. The van der Waals surface area contributed by atoms with E-state index in [0.717, 1.165) is 83.0 Å². The summed E-state index contributed by atoms with van der Waals surface area (Å²) in [6, 6.07) is 9.86. The highest BCUT2D eigenvalue weighted by Gasteiger charge is 2.39. The van der Waals surface area contributed by atoms with Gasteiger partial charge in [0.25, 0.3) is 14.4 Å². The Morgan fingerprint density at radius 1 is 1.23 bits per heavy atom. The number of hydrogen-bond donors (Lipinski definition) is 0. The summed E-state index contributed by atoms with van der Waals surface area (Å²) < 4.78 is 15.3. The van der Waals surface area contributed by atoms with E-state index in [4.69, 9.17) is 14.3 Å². The van der Waals surface area contributed by atoms with Gasteiger partial charge >= 0.3 is 0 Å². The molecule has 1 saturated heterocycles. The Kier molecular flexibility index (Phi) is 15.9. The maximum absolute atomic E-state index is 12.9. The van der Waals surface area contributed by atoms with Gasteiger partial charge in [-0.15, -0.1) is 0 Å². The van der Waals surface area contributed by atoms with Gasteiger partial charge in [0.15, 0.2) is 0 Å². The van der Waals surface area contributed by atoms with Crippen LogP contribution in [0.5, 0.6) is 0 Å². The Morgan fingerprint density at radius 3 is 2.65 bits per heavy atom. The van der Waals surface area contributed by atoms with Crippen LogP contribution in [0.25, 0.3) is 0 Å². The molecule has 1 aliphatic heterocycles. The third-order valence-corrected chi connectivity index (χ3v) is 9.81. The van der Waals surface area contributed by atoms with Crippen molar-refractivity contribution >= 4 is 20.7 Å². The first-order chi connectivity index (χ1) is 19.3. The van der Waals surface area contributed by atoms with Crippen molar-refractivity contribution in [1.82, 2.24) is 14.5 Å². The van der Waals surface area contributed by atoms with Gasteiger partial charge in [-0.2, -0.15) is 5.26 Å². The molecule has 1 fully saturated rings. The Hall–Kier alpha value is -1.88. The molecule has 1 aromatic rings. The SMILES string of the molecule is CCN(C(C)C)P(OCCC#N)OC1(CC)CCCN(CCCCCCN(C)C(=O)c2ccccc2CC=O)C1. The average molecular weight is 575 g/mol. The van der Waals surface area contributed by atoms with Gasteiger partial charge in [0.1, 0.15) is 6.29 Å². The number of rotatable bonds is 19. The van der Waals surface area contributed by atoms with E-state index in [2.05, 4.69) is 43.3 Å². The molecular weight excluding hydrogens is 523 g/mol. The van der Waals surface area contributed by atoms with Crippen LogP contribution < -0.4 is 0 Å². The number of aldehydes is 1. The van der Waals surface area contributed by atoms with E-state index >= 15 is 0 Å². The number of carbonyl (C=O) groups is 2. The Morgan fingerprint density at radius 2 is 1.98 bits per heavy atom. The molecule has 2 unspecified atom stereocenters. The fourth-order valence-electron chi connectivity index (χ4n) is 5.31. The van der Waals surface area contributed by atoms with Crippen LogP contribution in [0.15, 0.2) is 24.3 Å². The van der Waals surface area contributed by atoms with Crippen LogP contribution in [-0.4, -0.2) is 84.7 Å². The number of benzene rings is 1. The normalized spacial score (nSPS) is 18.6. The summed E-state index contributed by atoms with van der Waals surface area (Å²) in [5.41, 5.74) is 1.19. The van der Waals surface area contributed by atoms with E-state index in [0.29, 0.717) is 31.2 Å². The quantitative estimate of drug-likeness (QED) is 0.110. The van der Waals surface area contributed by atoms with E-state index in [-0.39, 0.29) is 17.9 Å². The predicted octanol–water partition coefficient (Wildman–Crippen LogP) is 6.21. The Bertz CT molecular complexity index is 940. The van der Waals surface area contributed by atoms with E-state index in [1.807, 2.05) is 25.2 Å². The van der Waals surface area contributed by atoms with Crippen LogP contribution >= 0.6 is 8.53 Å². The Labute approximate surface area is 244 Å². The lowest BCUT2D eigenvalue weighted by molar-refractivity contribution is -0.107. The highest BCUT2D eigenvalue weighted by molar-refractivity contribution is 7.44. The maximum atomic E-state index is 12.9. The molecule has 0 aliphatic carbocycles. The average Bonchev–Trinajstić information content (AvgIpc) is 2.95. The maximum Gasteiger partial charge on any atom is 0.259 e. The van der Waals surface area contributed by atoms with Crippen molar-refractivity contribution in [3.63, 3.8) is 0 Å². The summed E-state index contributed by atoms with van der Waals surface area (Å²) in [5.74, 6) is -0.0164. The van der Waals surface area contributed by atoms with Crippen LogP contribution in [-0.2, 0) is 20.3 Å². The summed E-state index contributed by atoms with van der Waals surface area (Å²) in [7, 11) is 0.624. The van der Waals surface area contributed by atoms with Gasteiger partial charge in [0, 0.05) is 44.7 Å². The van der Waals surface area contributed by atoms with Crippen molar-refractivity contribution in [2.75, 3.05) is 46.4 Å². The summed E-state index contributed by atoms with van der Waals surface area (Å²) in [6.45, 7) is 13.7. The smallest absolute Gasteiger partial charge is 0.259 e. The zero-order valence-corrected chi connectivity index (χ0v) is 26.3. The number of carbonyl (C=O) groups excluding carboxylic acids is 2.